The summed E-state index contributed by atoms with van der Waals surface area (Å²) in [6.07, 6.45) is 5.63. The molecule has 1 heteroatoms. The minimum absolute atomic E-state index is 1.02. The number of nitrogens with zero attached hydrogens (tertiary/aromatic N) is 1. The number of rotatable bonds is 5. The first kappa shape index (κ1) is 10.0. The molecule has 1 rings (SSSR count). The van der Waals surface area contributed by atoms with Crippen LogP contribution in [0.15, 0.2) is 0 Å². The molecule has 1 heterocycles. The van der Waals surface area contributed by atoms with Crippen molar-refractivity contribution >= 4 is 0 Å². The van der Waals surface area contributed by atoms with Gasteiger partial charge in [0.05, 0.1) is 0 Å². The van der Waals surface area contributed by atoms with Gasteiger partial charge in [0.15, 0.2) is 0 Å². The summed E-state index contributed by atoms with van der Waals surface area (Å²) in [7, 11) is 2.23. The third-order valence-electron chi connectivity index (χ3n) is 3.08. The van der Waals surface area contributed by atoms with Crippen LogP contribution in [-0.2, 0) is 0 Å². The van der Waals surface area contributed by atoms with Crippen LogP contribution in [0.1, 0.15) is 39.5 Å². The van der Waals surface area contributed by atoms with Crippen LogP contribution in [0.5, 0.6) is 0 Å². The van der Waals surface area contributed by atoms with Gasteiger partial charge in [-0.05, 0) is 18.9 Å². The summed E-state index contributed by atoms with van der Waals surface area (Å²) in [5.74, 6) is 2.05. The normalized spacial score (nSPS) is 20.0. The maximum atomic E-state index is 2.43. The highest BCUT2D eigenvalue weighted by Gasteiger charge is 2.29. The molecule has 1 fully saturated rings. The molecule has 0 atom stereocenters. The summed E-state index contributed by atoms with van der Waals surface area (Å²) in [6, 6.07) is 0. The van der Waals surface area contributed by atoms with Crippen molar-refractivity contribution in [3.63, 3.8) is 0 Å². The lowest BCUT2D eigenvalue weighted by atomic mass is 9.80. The van der Waals surface area contributed by atoms with Crippen molar-refractivity contribution in [1.29, 1.82) is 0 Å². The average molecular weight is 169 g/mol. The second-order valence-corrected chi connectivity index (χ2v) is 4.32. The molecule has 1 aliphatic rings. The van der Waals surface area contributed by atoms with Crippen molar-refractivity contribution in [3.8, 4) is 0 Å². The van der Waals surface area contributed by atoms with Gasteiger partial charge in [0.25, 0.3) is 0 Å². The molecule has 12 heavy (non-hydrogen) atoms. The summed E-state index contributed by atoms with van der Waals surface area (Å²) >= 11 is 0. The van der Waals surface area contributed by atoms with Crippen molar-refractivity contribution in [2.75, 3.05) is 20.1 Å². The predicted octanol–water partition coefficient (Wildman–Crippen LogP) is 2.76. The minimum atomic E-state index is 1.02. The molecule has 0 unspecified atom stereocenters. The molecule has 72 valence electrons. The molecule has 1 aliphatic heterocycles. The van der Waals surface area contributed by atoms with Crippen LogP contribution in [-0.4, -0.2) is 25.0 Å². The van der Waals surface area contributed by atoms with E-state index < -0.39 is 0 Å². The fourth-order valence-electron chi connectivity index (χ4n) is 2.40. The first-order valence-electron chi connectivity index (χ1n) is 5.46. The van der Waals surface area contributed by atoms with Crippen LogP contribution >= 0.6 is 0 Å². The fourth-order valence-corrected chi connectivity index (χ4v) is 2.40. The average Bonchev–Trinajstić information content (AvgIpc) is 1.99. The molecule has 0 N–H and O–H groups in total. The Labute approximate surface area is 77.1 Å². The van der Waals surface area contributed by atoms with Gasteiger partial charge < -0.3 is 4.90 Å². The van der Waals surface area contributed by atoms with Crippen LogP contribution in [0.3, 0.4) is 0 Å². The zero-order chi connectivity index (χ0) is 8.97. The summed E-state index contributed by atoms with van der Waals surface area (Å²) in [5, 5.41) is 0. The standard InChI is InChI=1S/C11H23N/c1-4-6-10(7-5-2)11-8-12(3)9-11/h10-11H,4-9H2,1-3H3. The summed E-state index contributed by atoms with van der Waals surface area (Å²) < 4.78 is 0. The van der Waals surface area contributed by atoms with Gasteiger partial charge in [-0.2, -0.15) is 0 Å². The van der Waals surface area contributed by atoms with E-state index in [2.05, 4.69) is 25.8 Å². The Hall–Kier alpha value is -0.0400. The molecule has 0 bridgehead atoms. The van der Waals surface area contributed by atoms with Crippen LogP contribution in [0, 0.1) is 11.8 Å². The van der Waals surface area contributed by atoms with Gasteiger partial charge in [-0.15, -0.1) is 0 Å². The second-order valence-electron chi connectivity index (χ2n) is 4.32. The third-order valence-corrected chi connectivity index (χ3v) is 3.08. The summed E-state index contributed by atoms with van der Waals surface area (Å²) in [6.45, 7) is 7.32. The zero-order valence-corrected chi connectivity index (χ0v) is 8.84. The monoisotopic (exact) mass is 169 g/mol. The van der Waals surface area contributed by atoms with Gasteiger partial charge in [-0.25, -0.2) is 0 Å². The van der Waals surface area contributed by atoms with E-state index in [-0.39, 0.29) is 0 Å². The molecule has 0 aromatic heterocycles. The smallest absolute Gasteiger partial charge is 0.00216 e. The second kappa shape index (κ2) is 4.86. The van der Waals surface area contributed by atoms with Gasteiger partial charge >= 0.3 is 0 Å². The van der Waals surface area contributed by atoms with E-state index >= 15 is 0 Å². The van der Waals surface area contributed by atoms with Crippen LogP contribution in [0.4, 0.5) is 0 Å². The number of hydrogen-bond donors (Lipinski definition) is 0. The molecule has 0 aromatic carbocycles. The Bertz CT molecular complexity index is 110. The van der Waals surface area contributed by atoms with E-state index in [1.165, 1.54) is 38.8 Å². The van der Waals surface area contributed by atoms with Gasteiger partial charge in [0.1, 0.15) is 0 Å². The SMILES string of the molecule is CCCC(CCC)C1CN(C)C1. The van der Waals surface area contributed by atoms with Gasteiger partial charge in [-0.1, -0.05) is 39.5 Å². The highest BCUT2D eigenvalue weighted by atomic mass is 15.2. The first-order valence-corrected chi connectivity index (χ1v) is 5.46. The summed E-state index contributed by atoms with van der Waals surface area (Å²) in [4.78, 5) is 2.43. The molecule has 0 aromatic rings. The maximum Gasteiger partial charge on any atom is 0.00216 e. The molecule has 0 saturated carbocycles. The Morgan fingerprint density at radius 2 is 1.67 bits per heavy atom. The topological polar surface area (TPSA) is 3.24 Å². The Kier molecular flexibility index (Phi) is 4.07. The lowest BCUT2D eigenvalue weighted by Gasteiger charge is -2.41. The van der Waals surface area contributed by atoms with Crippen molar-refractivity contribution in [1.82, 2.24) is 4.90 Å². The first-order chi connectivity index (χ1) is 5.77. The molecule has 0 amide bonds. The highest BCUT2D eigenvalue weighted by molar-refractivity contribution is 4.82. The van der Waals surface area contributed by atoms with E-state index in [1.807, 2.05) is 0 Å². The van der Waals surface area contributed by atoms with Crippen LogP contribution < -0.4 is 0 Å². The molecular formula is C11H23N. The number of hydrogen-bond acceptors (Lipinski definition) is 1. The lowest BCUT2D eigenvalue weighted by Crippen LogP contribution is -2.47. The summed E-state index contributed by atoms with van der Waals surface area (Å²) in [5.41, 5.74) is 0. The van der Waals surface area contributed by atoms with Crippen molar-refractivity contribution in [3.05, 3.63) is 0 Å². The molecule has 1 nitrogen and oxygen atoms in total. The minimum Gasteiger partial charge on any atom is -0.306 e. The highest BCUT2D eigenvalue weighted by Crippen LogP contribution is 2.29. The van der Waals surface area contributed by atoms with Crippen molar-refractivity contribution < 1.29 is 0 Å². The molecule has 0 radical (unpaired) electrons. The third kappa shape index (κ3) is 2.48. The molecule has 0 aliphatic carbocycles. The van der Waals surface area contributed by atoms with Gasteiger partial charge in [0.2, 0.25) is 0 Å². The maximum absolute atomic E-state index is 2.43. The number of likely N-dealkylation sites (tertiary alicyclic amines) is 1. The fraction of sp³-hybridized carbons (Fsp3) is 1.00. The largest absolute Gasteiger partial charge is 0.306 e. The van der Waals surface area contributed by atoms with E-state index in [0.29, 0.717) is 0 Å². The predicted molar refractivity (Wildman–Crippen MR) is 54.3 cm³/mol. The zero-order valence-electron chi connectivity index (χ0n) is 8.84. The van der Waals surface area contributed by atoms with Crippen molar-refractivity contribution in [2.45, 2.75) is 39.5 Å². The van der Waals surface area contributed by atoms with E-state index in [9.17, 15) is 0 Å². The van der Waals surface area contributed by atoms with Crippen LogP contribution in [0.25, 0.3) is 0 Å². The Morgan fingerprint density at radius 3 is 2.00 bits per heavy atom. The van der Waals surface area contributed by atoms with Crippen LogP contribution in [0.2, 0.25) is 0 Å². The van der Waals surface area contributed by atoms with E-state index in [4.69, 9.17) is 0 Å². The lowest BCUT2D eigenvalue weighted by molar-refractivity contribution is 0.0740. The van der Waals surface area contributed by atoms with E-state index in [1.54, 1.807) is 0 Å². The molecule has 1 saturated heterocycles. The van der Waals surface area contributed by atoms with E-state index in [0.717, 1.165) is 11.8 Å². The molecule has 0 spiro atoms. The van der Waals surface area contributed by atoms with Crippen molar-refractivity contribution in [2.24, 2.45) is 11.8 Å². The van der Waals surface area contributed by atoms with Gasteiger partial charge in [0, 0.05) is 13.1 Å². The van der Waals surface area contributed by atoms with Gasteiger partial charge in [-0.3, -0.25) is 0 Å². The Morgan fingerprint density at radius 1 is 1.17 bits per heavy atom. The Balaban J connectivity index is 2.22. The quantitative estimate of drug-likeness (QED) is 0.611. The molecular weight excluding hydrogens is 146 g/mol.